The van der Waals surface area contributed by atoms with Gasteiger partial charge < -0.3 is 10.4 Å². The SMILES string of the molecule is CC(O)(CNCc1ccccn1)c1cccc(C(F)(F)F)c1. The van der Waals surface area contributed by atoms with Gasteiger partial charge in [-0.3, -0.25) is 4.98 Å². The van der Waals surface area contributed by atoms with E-state index in [4.69, 9.17) is 0 Å². The van der Waals surface area contributed by atoms with Crippen molar-refractivity contribution < 1.29 is 18.3 Å². The van der Waals surface area contributed by atoms with E-state index in [0.717, 1.165) is 17.8 Å². The molecule has 0 amide bonds. The Labute approximate surface area is 126 Å². The van der Waals surface area contributed by atoms with E-state index in [2.05, 4.69) is 10.3 Å². The Kier molecular flexibility index (Phi) is 4.83. The average Bonchev–Trinajstić information content (AvgIpc) is 2.47. The molecule has 118 valence electrons. The summed E-state index contributed by atoms with van der Waals surface area (Å²) in [5.74, 6) is 0. The predicted molar refractivity (Wildman–Crippen MR) is 77.0 cm³/mol. The number of hydrogen-bond acceptors (Lipinski definition) is 3. The monoisotopic (exact) mass is 310 g/mol. The van der Waals surface area contributed by atoms with E-state index < -0.39 is 17.3 Å². The molecule has 1 aromatic carbocycles. The highest BCUT2D eigenvalue weighted by atomic mass is 19.4. The van der Waals surface area contributed by atoms with Crippen LogP contribution < -0.4 is 5.32 Å². The minimum atomic E-state index is -4.42. The lowest BCUT2D eigenvalue weighted by atomic mass is 9.94. The summed E-state index contributed by atoms with van der Waals surface area (Å²) in [6.45, 7) is 2.02. The summed E-state index contributed by atoms with van der Waals surface area (Å²) in [6, 6.07) is 10.2. The van der Waals surface area contributed by atoms with Crippen LogP contribution >= 0.6 is 0 Å². The van der Waals surface area contributed by atoms with Crippen LogP contribution in [-0.2, 0) is 18.3 Å². The number of hydrogen-bond donors (Lipinski definition) is 2. The van der Waals surface area contributed by atoms with Crippen molar-refractivity contribution in [3.8, 4) is 0 Å². The van der Waals surface area contributed by atoms with E-state index in [9.17, 15) is 18.3 Å². The fourth-order valence-electron chi connectivity index (χ4n) is 2.07. The molecule has 2 aromatic rings. The molecule has 0 saturated carbocycles. The summed E-state index contributed by atoms with van der Waals surface area (Å²) in [6.07, 6.45) is -2.77. The van der Waals surface area contributed by atoms with Gasteiger partial charge in [0.05, 0.1) is 16.9 Å². The Morgan fingerprint density at radius 3 is 2.45 bits per heavy atom. The van der Waals surface area contributed by atoms with Crippen LogP contribution in [0.1, 0.15) is 23.7 Å². The van der Waals surface area contributed by atoms with Crippen LogP contribution in [0.15, 0.2) is 48.7 Å². The lowest BCUT2D eigenvalue weighted by Gasteiger charge is -2.25. The van der Waals surface area contributed by atoms with Gasteiger partial charge in [0.1, 0.15) is 0 Å². The maximum Gasteiger partial charge on any atom is 0.416 e. The third kappa shape index (κ3) is 4.29. The highest BCUT2D eigenvalue weighted by molar-refractivity contribution is 5.29. The Hall–Kier alpha value is -1.92. The zero-order valence-corrected chi connectivity index (χ0v) is 12.1. The number of benzene rings is 1. The minimum Gasteiger partial charge on any atom is -0.384 e. The number of aliphatic hydroxyl groups is 1. The van der Waals surface area contributed by atoms with Gasteiger partial charge in [0.25, 0.3) is 0 Å². The quantitative estimate of drug-likeness (QED) is 0.892. The molecule has 1 unspecified atom stereocenters. The molecule has 6 heteroatoms. The zero-order valence-electron chi connectivity index (χ0n) is 12.1. The Morgan fingerprint density at radius 1 is 1.09 bits per heavy atom. The molecule has 3 nitrogen and oxygen atoms in total. The van der Waals surface area contributed by atoms with E-state index >= 15 is 0 Å². The van der Waals surface area contributed by atoms with Gasteiger partial charge in [-0.05, 0) is 36.8 Å². The zero-order chi connectivity index (χ0) is 16.2. The maximum absolute atomic E-state index is 12.7. The molecule has 0 aliphatic rings. The minimum absolute atomic E-state index is 0.116. The Bertz CT molecular complexity index is 612. The third-order valence-electron chi connectivity index (χ3n) is 3.31. The highest BCUT2D eigenvalue weighted by Crippen LogP contribution is 2.31. The van der Waals surface area contributed by atoms with Crippen molar-refractivity contribution >= 4 is 0 Å². The summed E-state index contributed by atoms with van der Waals surface area (Å²) in [7, 11) is 0. The maximum atomic E-state index is 12.7. The molecule has 2 N–H and O–H groups in total. The number of nitrogens with one attached hydrogen (secondary N) is 1. The van der Waals surface area contributed by atoms with Crippen LogP contribution in [0, 0.1) is 0 Å². The summed E-state index contributed by atoms with van der Waals surface area (Å²) < 4.78 is 38.2. The number of halogens is 3. The van der Waals surface area contributed by atoms with Crippen molar-refractivity contribution in [2.45, 2.75) is 25.2 Å². The normalized spacial score (nSPS) is 14.6. The molecule has 0 bridgehead atoms. The highest BCUT2D eigenvalue weighted by Gasteiger charge is 2.32. The molecule has 1 aromatic heterocycles. The standard InChI is InChI=1S/C16H17F3N2O/c1-15(22,11-20-10-14-7-2-3-8-21-14)12-5-4-6-13(9-12)16(17,18)19/h2-9,20,22H,10-11H2,1H3. The van der Waals surface area contributed by atoms with Gasteiger partial charge in [-0.1, -0.05) is 18.2 Å². The molecule has 22 heavy (non-hydrogen) atoms. The van der Waals surface area contributed by atoms with Gasteiger partial charge in [0.15, 0.2) is 0 Å². The van der Waals surface area contributed by atoms with Crippen molar-refractivity contribution in [2.75, 3.05) is 6.54 Å². The molecule has 0 saturated heterocycles. The van der Waals surface area contributed by atoms with E-state index in [-0.39, 0.29) is 12.1 Å². The number of rotatable bonds is 5. The van der Waals surface area contributed by atoms with Gasteiger partial charge in [-0.25, -0.2) is 0 Å². The van der Waals surface area contributed by atoms with E-state index in [1.165, 1.54) is 19.1 Å². The molecular formula is C16H17F3N2O. The molecule has 2 rings (SSSR count). The van der Waals surface area contributed by atoms with Crippen molar-refractivity contribution in [1.29, 1.82) is 0 Å². The summed E-state index contributed by atoms with van der Waals surface area (Å²) >= 11 is 0. The topological polar surface area (TPSA) is 45.1 Å². The molecule has 0 aliphatic heterocycles. The van der Waals surface area contributed by atoms with E-state index in [0.29, 0.717) is 6.54 Å². The van der Waals surface area contributed by atoms with Gasteiger partial charge >= 0.3 is 6.18 Å². The second-order valence-electron chi connectivity index (χ2n) is 5.28. The van der Waals surface area contributed by atoms with E-state index in [1.807, 2.05) is 12.1 Å². The van der Waals surface area contributed by atoms with Crippen molar-refractivity contribution in [2.24, 2.45) is 0 Å². The first kappa shape index (κ1) is 16.5. The fraction of sp³-hybridized carbons (Fsp3) is 0.312. The molecule has 0 spiro atoms. The fourth-order valence-corrected chi connectivity index (χ4v) is 2.07. The number of pyridine rings is 1. The largest absolute Gasteiger partial charge is 0.416 e. The first-order chi connectivity index (χ1) is 10.3. The van der Waals surface area contributed by atoms with Crippen molar-refractivity contribution in [1.82, 2.24) is 10.3 Å². The smallest absolute Gasteiger partial charge is 0.384 e. The Morgan fingerprint density at radius 2 is 1.82 bits per heavy atom. The van der Waals surface area contributed by atoms with Crippen molar-refractivity contribution in [3.05, 3.63) is 65.5 Å². The number of nitrogens with zero attached hydrogens (tertiary/aromatic N) is 1. The van der Waals surface area contributed by atoms with Crippen LogP contribution in [0.5, 0.6) is 0 Å². The van der Waals surface area contributed by atoms with Crippen LogP contribution in [0.2, 0.25) is 0 Å². The van der Waals surface area contributed by atoms with Crippen LogP contribution in [0.25, 0.3) is 0 Å². The van der Waals surface area contributed by atoms with Crippen LogP contribution in [-0.4, -0.2) is 16.6 Å². The third-order valence-corrected chi connectivity index (χ3v) is 3.31. The second-order valence-corrected chi connectivity index (χ2v) is 5.28. The summed E-state index contributed by atoms with van der Waals surface area (Å²) in [5, 5.41) is 13.4. The molecule has 0 radical (unpaired) electrons. The molecule has 0 fully saturated rings. The van der Waals surface area contributed by atoms with Gasteiger partial charge in [-0.2, -0.15) is 13.2 Å². The molecular weight excluding hydrogens is 293 g/mol. The van der Waals surface area contributed by atoms with Gasteiger partial charge in [0.2, 0.25) is 0 Å². The van der Waals surface area contributed by atoms with Gasteiger partial charge in [0, 0.05) is 19.3 Å². The van der Waals surface area contributed by atoms with E-state index in [1.54, 1.807) is 12.3 Å². The average molecular weight is 310 g/mol. The van der Waals surface area contributed by atoms with Crippen molar-refractivity contribution in [3.63, 3.8) is 0 Å². The molecule has 0 aliphatic carbocycles. The summed E-state index contributed by atoms with van der Waals surface area (Å²) in [5.41, 5.74) is -1.16. The number of alkyl halides is 3. The first-order valence-electron chi connectivity index (χ1n) is 6.80. The summed E-state index contributed by atoms with van der Waals surface area (Å²) in [4.78, 5) is 4.12. The van der Waals surface area contributed by atoms with Crippen LogP contribution in [0.4, 0.5) is 13.2 Å². The predicted octanol–water partition coefficient (Wildman–Crippen LogP) is 3.10. The Balaban J connectivity index is 2.03. The first-order valence-corrected chi connectivity index (χ1v) is 6.80. The molecule has 1 atom stereocenters. The van der Waals surface area contributed by atoms with Gasteiger partial charge in [-0.15, -0.1) is 0 Å². The number of aromatic nitrogens is 1. The molecule has 1 heterocycles. The lowest BCUT2D eigenvalue weighted by molar-refractivity contribution is -0.137. The second kappa shape index (κ2) is 6.46. The van der Waals surface area contributed by atoms with Crippen LogP contribution in [0.3, 0.4) is 0 Å². The lowest BCUT2D eigenvalue weighted by Crippen LogP contribution is -2.35.